The molecule has 2 aromatic rings. The van der Waals surface area contributed by atoms with E-state index in [0.29, 0.717) is 11.5 Å². The van der Waals surface area contributed by atoms with Crippen molar-refractivity contribution in [1.82, 2.24) is 9.80 Å². The molecule has 0 atom stereocenters. The topological polar surface area (TPSA) is 59.1 Å². The Morgan fingerprint density at radius 1 is 0.742 bits per heavy atom. The fourth-order valence-corrected chi connectivity index (χ4v) is 6.00. The minimum Gasteiger partial charge on any atom is -0.468 e. The molecule has 0 fully saturated rings. The fourth-order valence-electron chi connectivity index (χ4n) is 3.93. The molecule has 2 amide bonds. The van der Waals surface area contributed by atoms with E-state index >= 15 is 8.22 Å². The molecule has 31 heavy (non-hydrogen) atoms. The van der Waals surface area contributed by atoms with Crippen LogP contribution in [0.5, 0.6) is 11.5 Å². The van der Waals surface area contributed by atoms with Crippen LogP contribution in [0.25, 0.3) is 0 Å². The van der Waals surface area contributed by atoms with Gasteiger partial charge in [-0.1, -0.05) is 24.3 Å². The van der Waals surface area contributed by atoms with Gasteiger partial charge in [-0.3, -0.25) is 27.6 Å². The third-order valence-electron chi connectivity index (χ3n) is 5.52. The molecule has 0 unspecified atom stereocenters. The highest BCUT2D eigenvalue weighted by Gasteiger charge is 2.52. The summed E-state index contributed by atoms with van der Waals surface area (Å²) < 4.78 is 42.5. The Bertz CT molecular complexity index is 976. The quantitative estimate of drug-likeness (QED) is 0.527. The summed E-state index contributed by atoms with van der Waals surface area (Å²) in [5.74, 6) is -0.276. The Morgan fingerprint density at radius 2 is 1.10 bits per heavy atom. The van der Waals surface area contributed by atoms with Gasteiger partial charge in [0, 0.05) is 0 Å². The highest BCUT2D eigenvalue weighted by molar-refractivity contribution is 6.67. The number of hydrogen-bond acceptors (Lipinski definition) is 4. The molecular weight excluding hydrogens is 422 g/mol. The summed E-state index contributed by atoms with van der Waals surface area (Å²) in [6.07, 6.45) is -1.54. The monoisotopic (exact) mass is 446 g/mol. The Labute approximate surface area is 180 Å². The highest BCUT2D eigenvalue weighted by Crippen LogP contribution is 2.37. The van der Waals surface area contributed by atoms with Crippen LogP contribution in [-0.4, -0.2) is 54.1 Å². The average molecular weight is 447 g/mol. The molecule has 2 aliphatic rings. The van der Waals surface area contributed by atoms with Crippen molar-refractivity contribution in [2.45, 2.75) is 39.1 Å². The number of halogens is 2. The summed E-state index contributed by atoms with van der Waals surface area (Å²) >= 11 is 0. The van der Waals surface area contributed by atoms with Gasteiger partial charge in [0.05, 0.1) is 23.5 Å². The zero-order valence-corrected chi connectivity index (χ0v) is 18.8. The molecule has 2 aliphatic heterocycles. The summed E-state index contributed by atoms with van der Waals surface area (Å²) in [5.41, 5.74) is -1.99. The molecule has 0 bridgehead atoms. The van der Waals surface area contributed by atoms with Gasteiger partial charge < -0.3 is 9.47 Å². The van der Waals surface area contributed by atoms with Gasteiger partial charge in [-0.05, 0) is 52.0 Å². The number of amides is 2. The standard InChI is InChI=1S/C22H24F2N2O4Si/c1-21(2)25(19(27)15-9-5-7-11-17(15)29-21)13-31(23,24)14-26-20(28)16-10-6-8-12-18(16)30-22(26,3)4/h5-12H,13-14H2,1-4H3. The van der Waals surface area contributed by atoms with Crippen LogP contribution in [0.2, 0.25) is 0 Å². The predicted octanol–water partition coefficient (Wildman–Crippen LogP) is 3.99. The second-order valence-corrected chi connectivity index (χ2v) is 11.1. The Kier molecular flexibility index (Phi) is 4.84. The largest absolute Gasteiger partial charge is 0.468 e. The zero-order valence-electron chi connectivity index (χ0n) is 17.8. The van der Waals surface area contributed by atoms with Crippen LogP contribution in [0.3, 0.4) is 0 Å². The van der Waals surface area contributed by atoms with Crippen LogP contribution < -0.4 is 9.47 Å². The molecule has 164 valence electrons. The van der Waals surface area contributed by atoms with E-state index in [2.05, 4.69) is 0 Å². The summed E-state index contributed by atoms with van der Waals surface area (Å²) in [6, 6.07) is 13.2. The van der Waals surface area contributed by atoms with Crippen molar-refractivity contribution in [3.05, 3.63) is 59.7 Å². The molecular formula is C22H24F2N2O4Si. The Morgan fingerprint density at radius 3 is 1.48 bits per heavy atom. The number of benzene rings is 2. The second-order valence-electron chi connectivity index (χ2n) is 8.73. The van der Waals surface area contributed by atoms with E-state index in [0.717, 1.165) is 9.80 Å². The van der Waals surface area contributed by atoms with Crippen molar-refractivity contribution in [2.75, 3.05) is 12.3 Å². The molecule has 0 radical (unpaired) electrons. The number of carbonyl (C=O) groups excluding carboxylic acids is 2. The number of carbonyl (C=O) groups is 2. The Balaban J connectivity index is 1.59. The van der Waals surface area contributed by atoms with Crippen molar-refractivity contribution in [1.29, 1.82) is 0 Å². The van der Waals surface area contributed by atoms with Gasteiger partial charge in [0.2, 0.25) is 0 Å². The lowest BCUT2D eigenvalue weighted by Crippen LogP contribution is -2.64. The van der Waals surface area contributed by atoms with Crippen molar-refractivity contribution in [3.8, 4) is 11.5 Å². The van der Waals surface area contributed by atoms with Crippen molar-refractivity contribution in [3.63, 3.8) is 0 Å². The van der Waals surface area contributed by atoms with E-state index in [-0.39, 0.29) is 11.1 Å². The van der Waals surface area contributed by atoms with E-state index in [9.17, 15) is 9.59 Å². The lowest BCUT2D eigenvalue weighted by atomic mass is 10.1. The van der Waals surface area contributed by atoms with Crippen LogP contribution in [0.15, 0.2) is 48.5 Å². The number of rotatable bonds is 4. The highest BCUT2D eigenvalue weighted by atomic mass is 28.4. The lowest BCUT2D eigenvalue weighted by Gasteiger charge is -2.46. The van der Waals surface area contributed by atoms with Crippen molar-refractivity contribution < 1.29 is 27.3 Å². The smallest absolute Gasteiger partial charge is 0.462 e. The van der Waals surface area contributed by atoms with Crippen LogP contribution in [-0.2, 0) is 0 Å². The number of para-hydroxylation sites is 2. The maximum Gasteiger partial charge on any atom is 0.462 e. The van der Waals surface area contributed by atoms with E-state index in [1.165, 1.54) is 0 Å². The first kappa shape index (κ1) is 21.3. The maximum atomic E-state index is 15.4. The predicted molar refractivity (Wildman–Crippen MR) is 112 cm³/mol. The lowest BCUT2D eigenvalue weighted by molar-refractivity contribution is -0.0496. The minimum absolute atomic E-state index is 0.248. The number of ether oxygens (including phenoxy) is 2. The van der Waals surface area contributed by atoms with E-state index in [1.54, 1.807) is 76.2 Å². The van der Waals surface area contributed by atoms with Gasteiger partial charge in [0.15, 0.2) is 11.4 Å². The van der Waals surface area contributed by atoms with E-state index in [1.807, 2.05) is 0 Å². The Hall–Kier alpha value is -2.94. The van der Waals surface area contributed by atoms with E-state index < -0.39 is 44.3 Å². The van der Waals surface area contributed by atoms with Crippen LogP contribution in [0.1, 0.15) is 48.4 Å². The molecule has 0 N–H and O–H groups in total. The first-order valence-corrected chi connectivity index (χ1v) is 12.2. The number of fused-ring (bicyclic) bond motifs is 2. The number of nitrogens with zero attached hydrogens (tertiary/aromatic N) is 2. The molecule has 9 heteroatoms. The molecule has 0 spiro atoms. The third-order valence-corrected chi connectivity index (χ3v) is 7.08. The van der Waals surface area contributed by atoms with Gasteiger partial charge in [-0.15, -0.1) is 0 Å². The van der Waals surface area contributed by atoms with Gasteiger partial charge in [0.1, 0.15) is 11.5 Å². The number of hydrogen-bond donors (Lipinski definition) is 0. The van der Waals surface area contributed by atoms with Gasteiger partial charge in [-0.2, -0.15) is 0 Å². The SMILES string of the molecule is CC1(C)Oc2ccccc2C(=O)N1C[Si](F)(F)CN1C(=O)c2ccccc2OC1(C)C. The summed E-state index contributed by atoms with van der Waals surface area (Å²) in [6.45, 7) is 6.34. The minimum atomic E-state index is -5.13. The van der Waals surface area contributed by atoms with Gasteiger partial charge in [-0.25, -0.2) is 0 Å². The van der Waals surface area contributed by atoms with Crippen molar-refractivity contribution in [2.24, 2.45) is 0 Å². The molecule has 0 saturated heterocycles. The van der Waals surface area contributed by atoms with Gasteiger partial charge in [0.25, 0.3) is 11.8 Å². The van der Waals surface area contributed by atoms with Crippen molar-refractivity contribution >= 4 is 20.6 Å². The molecule has 0 saturated carbocycles. The van der Waals surface area contributed by atoms with Crippen LogP contribution in [0, 0.1) is 0 Å². The van der Waals surface area contributed by atoms with Crippen LogP contribution >= 0.6 is 0 Å². The first-order valence-electron chi connectivity index (χ1n) is 9.99. The van der Waals surface area contributed by atoms with Gasteiger partial charge >= 0.3 is 8.74 Å². The fraction of sp³-hybridized carbons (Fsp3) is 0.364. The molecule has 4 rings (SSSR count). The summed E-state index contributed by atoms with van der Waals surface area (Å²) in [5, 5.41) is 0. The van der Waals surface area contributed by atoms with Crippen LogP contribution in [0.4, 0.5) is 8.22 Å². The van der Waals surface area contributed by atoms with E-state index in [4.69, 9.17) is 9.47 Å². The summed E-state index contributed by atoms with van der Waals surface area (Å²) in [4.78, 5) is 28.1. The normalized spacial score (nSPS) is 19.3. The third kappa shape index (κ3) is 3.78. The second kappa shape index (κ2) is 7.05. The maximum absolute atomic E-state index is 15.4. The molecule has 0 aromatic heterocycles. The molecule has 6 nitrogen and oxygen atoms in total. The zero-order chi connectivity index (χ0) is 22.6. The molecule has 0 aliphatic carbocycles. The molecule has 2 heterocycles. The molecule has 2 aromatic carbocycles. The summed E-state index contributed by atoms with van der Waals surface area (Å²) in [7, 11) is -5.13. The first-order chi connectivity index (χ1) is 14.4. The average Bonchev–Trinajstić information content (AvgIpc) is 2.68.